The highest BCUT2D eigenvalue weighted by Crippen LogP contribution is 2.35. The number of nitrogens with one attached hydrogen (secondary N) is 2. The molecule has 0 unspecified atom stereocenters. The molecule has 8 heteroatoms. The minimum Gasteiger partial charge on any atom is -0.352 e. The zero-order valence-corrected chi connectivity index (χ0v) is 16.4. The predicted octanol–water partition coefficient (Wildman–Crippen LogP) is 4.68. The summed E-state index contributed by atoms with van der Waals surface area (Å²) in [5.74, 6) is -0.959. The zero-order chi connectivity index (χ0) is 19.1. The molecule has 0 aliphatic heterocycles. The van der Waals surface area contributed by atoms with Crippen LogP contribution in [0.5, 0.6) is 0 Å². The number of aryl methyl sites for hydroxylation is 1. The van der Waals surface area contributed by atoms with Crippen molar-refractivity contribution in [2.45, 2.75) is 25.8 Å². The Morgan fingerprint density at radius 3 is 2.85 bits per heavy atom. The van der Waals surface area contributed by atoms with Crippen LogP contribution in [0.15, 0.2) is 35.1 Å². The van der Waals surface area contributed by atoms with E-state index >= 15 is 4.39 Å². The van der Waals surface area contributed by atoms with E-state index in [1.54, 1.807) is 6.07 Å². The number of halogens is 2. The maximum atomic E-state index is 15.2. The Morgan fingerprint density at radius 2 is 2.19 bits per heavy atom. The molecule has 1 amide bonds. The molecule has 1 fully saturated rings. The number of aromatic amines is 1. The quantitative estimate of drug-likeness (QED) is 0.574. The van der Waals surface area contributed by atoms with E-state index in [0.29, 0.717) is 11.2 Å². The van der Waals surface area contributed by atoms with Gasteiger partial charge in [-0.3, -0.25) is 9.63 Å². The number of anilines is 2. The van der Waals surface area contributed by atoms with E-state index in [4.69, 9.17) is 4.84 Å². The molecule has 0 bridgehead atoms. The third kappa shape index (κ3) is 3.30. The van der Waals surface area contributed by atoms with Crippen molar-refractivity contribution >= 4 is 44.2 Å². The fourth-order valence-corrected chi connectivity index (χ4v) is 3.54. The van der Waals surface area contributed by atoms with Gasteiger partial charge in [0.2, 0.25) is 0 Å². The summed E-state index contributed by atoms with van der Waals surface area (Å²) < 4.78 is 16.2. The van der Waals surface area contributed by atoms with Crippen LogP contribution in [0.25, 0.3) is 11.0 Å². The Labute approximate surface area is 163 Å². The second-order valence-corrected chi connectivity index (χ2v) is 7.46. The van der Waals surface area contributed by atoms with Crippen LogP contribution in [0.1, 0.15) is 28.8 Å². The largest absolute Gasteiger partial charge is 0.352 e. The van der Waals surface area contributed by atoms with Crippen LogP contribution < -0.4 is 5.32 Å². The van der Waals surface area contributed by atoms with Crippen LogP contribution >= 0.6 is 15.9 Å². The van der Waals surface area contributed by atoms with Gasteiger partial charge in [-0.15, -0.1) is 0 Å². The van der Waals surface area contributed by atoms with Gasteiger partial charge in [0.15, 0.2) is 5.82 Å². The van der Waals surface area contributed by atoms with Gasteiger partial charge in [-0.05, 0) is 49.6 Å². The highest BCUT2D eigenvalue weighted by atomic mass is 79.9. The van der Waals surface area contributed by atoms with Crippen LogP contribution in [0.3, 0.4) is 0 Å². The molecule has 1 aliphatic rings. The number of hydrogen-bond donors (Lipinski definition) is 2. The Balaban J connectivity index is 1.83. The molecule has 1 aromatic heterocycles. The number of H-pyrrole nitrogens is 1. The molecule has 1 aliphatic carbocycles. The molecule has 2 aromatic carbocycles. The molecule has 0 radical (unpaired) electrons. The van der Waals surface area contributed by atoms with E-state index < -0.39 is 5.82 Å². The number of rotatable bonds is 5. The number of fused-ring (bicyclic) bond motifs is 1. The van der Waals surface area contributed by atoms with Crippen LogP contribution in [0.2, 0.25) is 0 Å². The number of hydrogen-bond acceptors (Lipinski definition) is 4. The SMILES string of the molecule is CON(C(=O)c1cc2[nH]cnc2c(F)c1Nc1ccc(Br)cc1C)C1CC1. The van der Waals surface area contributed by atoms with E-state index in [1.165, 1.54) is 18.5 Å². The van der Waals surface area contributed by atoms with Gasteiger partial charge in [-0.2, -0.15) is 0 Å². The first kappa shape index (κ1) is 17.9. The van der Waals surface area contributed by atoms with Crippen molar-refractivity contribution in [2.75, 3.05) is 12.4 Å². The van der Waals surface area contributed by atoms with E-state index in [0.717, 1.165) is 22.9 Å². The van der Waals surface area contributed by atoms with Crippen molar-refractivity contribution in [3.8, 4) is 0 Å². The molecular formula is C19H18BrFN4O2. The first-order valence-corrected chi connectivity index (χ1v) is 9.35. The van der Waals surface area contributed by atoms with Gasteiger partial charge in [0.05, 0.1) is 36.2 Å². The number of aromatic nitrogens is 2. The number of benzene rings is 2. The fourth-order valence-electron chi connectivity index (χ4n) is 3.06. The fraction of sp³-hybridized carbons (Fsp3) is 0.263. The topological polar surface area (TPSA) is 70.2 Å². The monoisotopic (exact) mass is 432 g/mol. The van der Waals surface area contributed by atoms with E-state index in [2.05, 4.69) is 31.2 Å². The highest BCUT2D eigenvalue weighted by molar-refractivity contribution is 9.10. The first-order chi connectivity index (χ1) is 13.0. The summed E-state index contributed by atoms with van der Waals surface area (Å²) in [6.07, 6.45) is 3.16. The minimum atomic E-state index is -0.578. The lowest BCUT2D eigenvalue weighted by Gasteiger charge is -2.22. The summed E-state index contributed by atoms with van der Waals surface area (Å²) in [7, 11) is 1.45. The van der Waals surface area contributed by atoms with Gasteiger partial charge in [-0.1, -0.05) is 15.9 Å². The number of hydroxylamine groups is 2. The van der Waals surface area contributed by atoms with E-state index in [1.807, 2.05) is 25.1 Å². The van der Waals surface area contributed by atoms with E-state index in [-0.39, 0.29) is 28.7 Å². The number of amides is 1. The molecule has 140 valence electrons. The molecule has 2 N–H and O–H groups in total. The first-order valence-electron chi connectivity index (χ1n) is 8.56. The smallest absolute Gasteiger partial charge is 0.279 e. The van der Waals surface area contributed by atoms with Crippen molar-refractivity contribution in [3.05, 3.63) is 52.0 Å². The lowest BCUT2D eigenvalue weighted by Crippen LogP contribution is -2.32. The average molecular weight is 433 g/mol. The van der Waals surface area contributed by atoms with Crippen molar-refractivity contribution in [2.24, 2.45) is 0 Å². The summed E-state index contributed by atoms with van der Waals surface area (Å²) in [6, 6.07) is 7.24. The van der Waals surface area contributed by atoms with Gasteiger partial charge in [-0.25, -0.2) is 14.4 Å². The minimum absolute atomic E-state index is 0.0327. The Hall–Kier alpha value is -2.45. The molecule has 0 atom stereocenters. The summed E-state index contributed by atoms with van der Waals surface area (Å²) in [5, 5.41) is 4.40. The average Bonchev–Trinajstić information content (AvgIpc) is 3.35. The van der Waals surface area contributed by atoms with Gasteiger partial charge in [0.25, 0.3) is 5.91 Å². The molecule has 0 spiro atoms. The second-order valence-electron chi connectivity index (χ2n) is 6.54. The summed E-state index contributed by atoms with van der Waals surface area (Å²) >= 11 is 3.42. The van der Waals surface area contributed by atoms with Crippen LogP contribution in [0.4, 0.5) is 15.8 Å². The third-order valence-corrected chi connectivity index (χ3v) is 5.10. The number of imidazole rings is 1. The number of nitrogens with zero attached hydrogens (tertiary/aromatic N) is 2. The van der Waals surface area contributed by atoms with Crippen molar-refractivity contribution < 1.29 is 14.0 Å². The molecule has 1 heterocycles. The second kappa shape index (κ2) is 6.94. The molecule has 3 aromatic rings. The van der Waals surface area contributed by atoms with Crippen LogP contribution in [-0.2, 0) is 4.84 Å². The molecule has 1 saturated carbocycles. The summed E-state index contributed by atoms with van der Waals surface area (Å²) in [6.45, 7) is 1.91. The number of carbonyl (C=O) groups excluding carboxylic acids is 1. The van der Waals surface area contributed by atoms with Gasteiger partial charge < -0.3 is 10.3 Å². The molecular weight excluding hydrogens is 415 g/mol. The van der Waals surface area contributed by atoms with Crippen molar-refractivity contribution in [1.82, 2.24) is 15.0 Å². The maximum absolute atomic E-state index is 15.2. The van der Waals surface area contributed by atoms with Gasteiger partial charge in [0, 0.05) is 10.2 Å². The lowest BCUT2D eigenvalue weighted by atomic mass is 10.1. The number of carbonyl (C=O) groups is 1. The third-order valence-electron chi connectivity index (χ3n) is 4.61. The summed E-state index contributed by atoms with van der Waals surface area (Å²) in [4.78, 5) is 25.3. The molecule has 27 heavy (non-hydrogen) atoms. The van der Waals surface area contributed by atoms with Crippen LogP contribution in [0, 0.1) is 12.7 Å². The van der Waals surface area contributed by atoms with Crippen LogP contribution in [-0.4, -0.2) is 34.1 Å². The zero-order valence-electron chi connectivity index (χ0n) is 14.8. The highest BCUT2D eigenvalue weighted by Gasteiger charge is 2.35. The Kier molecular flexibility index (Phi) is 4.61. The lowest BCUT2D eigenvalue weighted by molar-refractivity contribution is -0.101. The molecule has 0 saturated heterocycles. The van der Waals surface area contributed by atoms with E-state index in [9.17, 15) is 4.79 Å². The van der Waals surface area contributed by atoms with Gasteiger partial charge in [0.1, 0.15) is 5.52 Å². The van der Waals surface area contributed by atoms with Gasteiger partial charge >= 0.3 is 0 Å². The predicted molar refractivity (Wildman–Crippen MR) is 104 cm³/mol. The molecule has 6 nitrogen and oxygen atoms in total. The maximum Gasteiger partial charge on any atom is 0.279 e. The summed E-state index contributed by atoms with van der Waals surface area (Å²) in [5.41, 5.74) is 2.54. The standard InChI is InChI=1S/C19H18BrFN4O2/c1-10-7-11(20)3-6-14(10)24-17-13(19(26)25(27-2)12-4-5-12)8-15-18(16(17)21)23-9-22-15/h3,6-9,12,24H,4-5H2,1-2H3,(H,22,23). The van der Waals surface area contributed by atoms with Crippen molar-refractivity contribution in [1.29, 1.82) is 0 Å². The normalized spacial score (nSPS) is 13.8. The Bertz CT molecular complexity index is 1030. The Morgan fingerprint density at radius 1 is 1.41 bits per heavy atom. The molecule has 4 rings (SSSR count). The van der Waals surface area contributed by atoms with Crippen molar-refractivity contribution in [3.63, 3.8) is 0 Å².